The van der Waals surface area contributed by atoms with Gasteiger partial charge in [0.25, 0.3) is 0 Å². The molecule has 108 valence electrons. The SMILES string of the molecule is O=C(NCC1(C(=O)O)CCCCC1)Nc1ncccn1. The van der Waals surface area contributed by atoms with Crippen LogP contribution in [0.25, 0.3) is 0 Å². The van der Waals surface area contributed by atoms with E-state index < -0.39 is 17.4 Å². The Labute approximate surface area is 116 Å². The molecule has 1 fully saturated rings. The average molecular weight is 278 g/mol. The Bertz CT molecular complexity index is 472. The fraction of sp³-hybridized carbons (Fsp3) is 0.538. The lowest BCUT2D eigenvalue weighted by Crippen LogP contribution is -2.45. The number of aliphatic carboxylic acids is 1. The molecule has 7 nitrogen and oxygen atoms in total. The summed E-state index contributed by atoms with van der Waals surface area (Å²) >= 11 is 0. The molecule has 1 aliphatic carbocycles. The third-order valence-electron chi connectivity index (χ3n) is 3.64. The summed E-state index contributed by atoms with van der Waals surface area (Å²) in [6.07, 6.45) is 7.06. The van der Waals surface area contributed by atoms with Crippen molar-refractivity contribution >= 4 is 17.9 Å². The van der Waals surface area contributed by atoms with E-state index in [4.69, 9.17) is 0 Å². The number of nitrogens with one attached hydrogen (secondary N) is 2. The van der Waals surface area contributed by atoms with Gasteiger partial charge >= 0.3 is 12.0 Å². The smallest absolute Gasteiger partial charge is 0.321 e. The third-order valence-corrected chi connectivity index (χ3v) is 3.64. The van der Waals surface area contributed by atoms with Gasteiger partial charge in [0.05, 0.1) is 5.41 Å². The van der Waals surface area contributed by atoms with E-state index >= 15 is 0 Å². The molecule has 1 heterocycles. The highest BCUT2D eigenvalue weighted by atomic mass is 16.4. The highest BCUT2D eigenvalue weighted by Crippen LogP contribution is 2.35. The number of carboxylic acid groups (broad SMARTS) is 1. The first-order valence-electron chi connectivity index (χ1n) is 6.68. The topological polar surface area (TPSA) is 104 Å². The van der Waals surface area contributed by atoms with Crippen molar-refractivity contribution < 1.29 is 14.7 Å². The number of carbonyl (C=O) groups excluding carboxylic acids is 1. The lowest BCUT2D eigenvalue weighted by Gasteiger charge is -2.33. The summed E-state index contributed by atoms with van der Waals surface area (Å²) in [6.45, 7) is 0.126. The number of rotatable bonds is 4. The number of anilines is 1. The summed E-state index contributed by atoms with van der Waals surface area (Å²) in [5, 5.41) is 14.5. The fourth-order valence-electron chi connectivity index (χ4n) is 2.45. The predicted octanol–water partition coefficient (Wildman–Crippen LogP) is 1.63. The number of amides is 2. The van der Waals surface area contributed by atoms with Gasteiger partial charge in [-0.3, -0.25) is 10.1 Å². The van der Waals surface area contributed by atoms with Crippen molar-refractivity contribution in [2.24, 2.45) is 5.41 Å². The van der Waals surface area contributed by atoms with Gasteiger partial charge in [-0.15, -0.1) is 0 Å². The zero-order valence-electron chi connectivity index (χ0n) is 11.1. The first-order valence-corrected chi connectivity index (χ1v) is 6.68. The van der Waals surface area contributed by atoms with Gasteiger partial charge in [-0.05, 0) is 18.9 Å². The number of hydrogen-bond acceptors (Lipinski definition) is 4. The highest BCUT2D eigenvalue weighted by Gasteiger charge is 2.39. The number of urea groups is 1. The number of carbonyl (C=O) groups is 2. The first kappa shape index (κ1) is 14.2. The van der Waals surface area contributed by atoms with Crippen molar-refractivity contribution in [1.82, 2.24) is 15.3 Å². The van der Waals surface area contributed by atoms with Gasteiger partial charge < -0.3 is 10.4 Å². The molecule has 0 aromatic carbocycles. The lowest BCUT2D eigenvalue weighted by molar-refractivity contribution is -0.150. The van der Waals surface area contributed by atoms with Crippen LogP contribution in [0.2, 0.25) is 0 Å². The van der Waals surface area contributed by atoms with Crippen LogP contribution in [0.5, 0.6) is 0 Å². The van der Waals surface area contributed by atoms with Crippen LogP contribution in [-0.4, -0.2) is 33.6 Å². The zero-order valence-corrected chi connectivity index (χ0v) is 11.1. The van der Waals surface area contributed by atoms with Gasteiger partial charge in [-0.1, -0.05) is 19.3 Å². The summed E-state index contributed by atoms with van der Waals surface area (Å²) in [4.78, 5) is 30.9. The fourth-order valence-corrected chi connectivity index (χ4v) is 2.45. The highest BCUT2D eigenvalue weighted by molar-refractivity contribution is 5.87. The van der Waals surface area contributed by atoms with Gasteiger partial charge in [-0.2, -0.15) is 0 Å². The molecule has 0 bridgehead atoms. The molecule has 1 aromatic heterocycles. The van der Waals surface area contributed by atoms with Crippen molar-refractivity contribution in [2.75, 3.05) is 11.9 Å². The Morgan fingerprint density at radius 1 is 1.20 bits per heavy atom. The van der Waals surface area contributed by atoms with Crippen LogP contribution in [0.4, 0.5) is 10.7 Å². The molecule has 7 heteroatoms. The van der Waals surface area contributed by atoms with Crippen molar-refractivity contribution in [3.8, 4) is 0 Å². The number of nitrogens with zero attached hydrogens (tertiary/aromatic N) is 2. The maximum Gasteiger partial charge on any atom is 0.321 e. The minimum absolute atomic E-state index is 0.126. The number of hydrogen-bond donors (Lipinski definition) is 3. The van der Waals surface area contributed by atoms with E-state index in [9.17, 15) is 14.7 Å². The Morgan fingerprint density at radius 2 is 1.85 bits per heavy atom. The molecule has 2 rings (SSSR count). The third kappa shape index (κ3) is 3.43. The monoisotopic (exact) mass is 278 g/mol. The van der Waals surface area contributed by atoms with Crippen LogP contribution in [0.1, 0.15) is 32.1 Å². The standard InChI is InChI=1S/C13H18N4O3/c18-10(19)13(5-2-1-3-6-13)9-16-12(20)17-11-14-7-4-8-15-11/h4,7-8H,1-3,5-6,9H2,(H,18,19)(H2,14,15,16,17,20). The largest absolute Gasteiger partial charge is 0.481 e. The van der Waals surface area contributed by atoms with Gasteiger partial charge in [0.1, 0.15) is 0 Å². The Kier molecular flexibility index (Phi) is 4.49. The van der Waals surface area contributed by atoms with Crippen LogP contribution in [0.3, 0.4) is 0 Å². The van der Waals surface area contributed by atoms with Crippen molar-refractivity contribution in [3.63, 3.8) is 0 Å². The van der Waals surface area contributed by atoms with E-state index in [0.29, 0.717) is 12.8 Å². The van der Waals surface area contributed by atoms with Crippen LogP contribution in [-0.2, 0) is 4.79 Å². The van der Waals surface area contributed by atoms with E-state index in [1.807, 2.05) is 0 Å². The van der Waals surface area contributed by atoms with Crippen molar-refractivity contribution in [3.05, 3.63) is 18.5 Å². The molecule has 0 radical (unpaired) electrons. The van der Waals surface area contributed by atoms with Gasteiger partial charge in [0.2, 0.25) is 5.95 Å². The predicted molar refractivity (Wildman–Crippen MR) is 72.2 cm³/mol. The van der Waals surface area contributed by atoms with E-state index in [-0.39, 0.29) is 12.5 Å². The van der Waals surface area contributed by atoms with Gasteiger partial charge in [0, 0.05) is 18.9 Å². The average Bonchev–Trinajstić information content (AvgIpc) is 2.47. The summed E-state index contributed by atoms with van der Waals surface area (Å²) in [7, 11) is 0. The zero-order chi connectivity index (χ0) is 14.4. The Balaban J connectivity index is 1.89. The van der Waals surface area contributed by atoms with Crippen LogP contribution < -0.4 is 10.6 Å². The molecule has 0 atom stereocenters. The maximum atomic E-state index is 11.7. The number of aromatic nitrogens is 2. The summed E-state index contributed by atoms with van der Waals surface area (Å²) in [6, 6.07) is 1.16. The summed E-state index contributed by atoms with van der Waals surface area (Å²) in [5.74, 6) is -0.647. The van der Waals surface area contributed by atoms with Gasteiger partial charge in [-0.25, -0.2) is 14.8 Å². The van der Waals surface area contributed by atoms with E-state index in [1.54, 1.807) is 6.07 Å². The molecule has 3 N–H and O–H groups in total. The molecule has 1 saturated carbocycles. The minimum atomic E-state index is -0.840. The molecule has 0 saturated heterocycles. The molecular weight excluding hydrogens is 260 g/mol. The van der Waals surface area contributed by atoms with Gasteiger partial charge in [0.15, 0.2) is 0 Å². The molecule has 20 heavy (non-hydrogen) atoms. The second kappa shape index (κ2) is 6.31. The van der Waals surface area contributed by atoms with Crippen molar-refractivity contribution in [2.45, 2.75) is 32.1 Å². The Morgan fingerprint density at radius 3 is 2.45 bits per heavy atom. The molecule has 0 spiro atoms. The molecule has 2 amide bonds. The van der Waals surface area contributed by atoms with Crippen LogP contribution in [0.15, 0.2) is 18.5 Å². The second-order valence-electron chi connectivity index (χ2n) is 5.03. The Hall–Kier alpha value is -2.18. The molecule has 0 unspecified atom stereocenters. The maximum absolute atomic E-state index is 11.7. The quantitative estimate of drug-likeness (QED) is 0.776. The van der Waals surface area contributed by atoms with E-state index in [1.165, 1.54) is 12.4 Å². The normalized spacial score (nSPS) is 17.2. The van der Waals surface area contributed by atoms with Crippen LogP contribution in [0, 0.1) is 5.41 Å². The van der Waals surface area contributed by atoms with E-state index in [0.717, 1.165) is 19.3 Å². The lowest BCUT2D eigenvalue weighted by atomic mass is 9.74. The summed E-state index contributed by atoms with van der Waals surface area (Å²) < 4.78 is 0. The molecule has 0 aliphatic heterocycles. The molecule has 1 aliphatic rings. The van der Waals surface area contributed by atoms with Crippen molar-refractivity contribution in [1.29, 1.82) is 0 Å². The van der Waals surface area contributed by atoms with Crippen LogP contribution >= 0.6 is 0 Å². The number of carboxylic acids is 1. The molecular formula is C13H18N4O3. The first-order chi connectivity index (χ1) is 9.62. The van der Waals surface area contributed by atoms with E-state index in [2.05, 4.69) is 20.6 Å². The second-order valence-corrected chi connectivity index (χ2v) is 5.03. The minimum Gasteiger partial charge on any atom is -0.481 e. The summed E-state index contributed by atoms with van der Waals surface area (Å²) in [5.41, 5.74) is -0.840. The molecule has 1 aromatic rings.